The lowest BCUT2D eigenvalue weighted by Crippen LogP contribution is -2.47. The molecule has 3 N–H and O–H groups in total. The van der Waals surface area contributed by atoms with E-state index >= 15 is 0 Å². The van der Waals surface area contributed by atoms with Crippen molar-refractivity contribution in [1.82, 2.24) is 10.2 Å². The number of halogens is 2. The Balaban J connectivity index is 0.00000264. The van der Waals surface area contributed by atoms with Crippen LogP contribution in [0.4, 0.5) is 0 Å². The first-order valence-electron chi connectivity index (χ1n) is 8.45. The fraction of sp³-hybridized carbons (Fsp3) is 0.611. The lowest BCUT2D eigenvalue weighted by atomic mass is 9.94. The van der Waals surface area contributed by atoms with Gasteiger partial charge in [-0.1, -0.05) is 44.2 Å². The maximum atomic E-state index is 12.4. The predicted octanol–water partition coefficient (Wildman–Crippen LogP) is 3.16. The Morgan fingerprint density at radius 3 is 2.38 bits per heavy atom. The summed E-state index contributed by atoms with van der Waals surface area (Å²) in [5.41, 5.74) is 7.25. The molecule has 1 fully saturated rings. The molecule has 2 unspecified atom stereocenters. The van der Waals surface area contributed by atoms with Gasteiger partial charge < -0.3 is 16.0 Å². The molecule has 0 bridgehead atoms. The number of nitrogens with zero attached hydrogens (tertiary/aromatic N) is 1. The van der Waals surface area contributed by atoms with Crippen molar-refractivity contribution < 1.29 is 4.79 Å². The molecule has 1 aliphatic rings. The smallest absolute Gasteiger partial charge is 0.224 e. The summed E-state index contributed by atoms with van der Waals surface area (Å²) < 4.78 is 0. The third-order valence-corrected chi connectivity index (χ3v) is 4.61. The summed E-state index contributed by atoms with van der Waals surface area (Å²) >= 11 is 0. The number of nitrogens with one attached hydrogen (secondary N) is 1. The number of piperidine rings is 1. The van der Waals surface area contributed by atoms with Gasteiger partial charge in [-0.25, -0.2) is 0 Å². The molecule has 0 aromatic heterocycles. The Morgan fingerprint density at radius 2 is 1.83 bits per heavy atom. The summed E-state index contributed by atoms with van der Waals surface area (Å²) in [5, 5.41) is 3.19. The quantitative estimate of drug-likeness (QED) is 0.802. The molecule has 1 saturated heterocycles. The predicted molar refractivity (Wildman–Crippen MR) is 105 cm³/mol. The van der Waals surface area contributed by atoms with Crippen LogP contribution in [0.15, 0.2) is 30.3 Å². The summed E-state index contributed by atoms with van der Waals surface area (Å²) in [6.07, 6.45) is 3.28. The van der Waals surface area contributed by atoms with Gasteiger partial charge in [-0.3, -0.25) is 4.79 Å². The molecular weight excluding hydrogens is 345 g/mol. The molecule has 6 heteroatoms. The molecule has 1 aromatic carbocycles. The topological polar surface area (TPSA) is 58.4 Å². The molecule has 0 spiro atoms. The summed E-state index contributed by atoms with van der Waals surface area (Å²) in [6, 6.07) is 9.90. The molecule has 138 valence electrons. The maximum absolute atomic E-state index is 12.4. The van der Waals surface area contributed by atoms with Gasteiger partial charge in [0, 0.05) is 25.2 Å². The van der Waals surface area contributed by atoms with Gasteiger partial charge in [-0.05, 0) is 31.4 Å². The van der Waals surface area contributed by atoms with Gasteiger partial charge in [-0.2, -0.15) is 0 Å². The molecule has 2 atom stereocenters. The summed E-state index contributed by atoms with van der Waals surface area (Å²) in [7, 11) is 0. The molecule has 1 heterocycles. The van der Waals surface area contributed by atoms with Crippen LogP contribution in [-0.4, -0.2) is 36.5 Å². The second-order valence-electron chi connectivity index (χ2n) is 6.35. The molecular formula is C18H31Cl2N3O. The Hall–Kier alpha value is -0.810. The van der Waals surface area contributed by atoms with Crippen LogP contribution in [0.25, 0.3) is 0 Å². The lowest BCUT2D eigenvalue weighted by molar-refractivity contribution is -0.126. The second-order valence-corrected chi connectivity index (χ2v) is 6.35. The van der Waals surface area contributed by atoms with E-state index in [1.807, 2.05) is 37.3 Å². The zero-order valence-electron chi connectivity index (χ0n) is 14.6. The average molecular weight is 376 g/mol. The van der Waals surface area contributed by atoms with E-state index in [1.54, 1.807) is 0 Å². The monoisotopic (exact) mass is 375 g/mol. The van der Waals surface area contributed by atoms with Crippen LogP contribution >= 0.6 is 24.8 Å². The van der Waals surface area contributed by atoms with E-state index in [0.717, 1.165) is 38.0 Å². The van der Waals surface area contributed by atoms with Gasteiger partial charge in [0.15, 0.2) is 0 Å². The first kappa shape index (κ1) is 23.2. The van der Waals surface area contributed by atoms with Crippen LogP contribution < -0.4 is 11.1 Å². The van der Waals surface area contributed by atoms with E-state index in [9.17, 15) is 4.79 Å². The Morgan fingerprint density at radius 1 is 1.25 bits per heavy atom. The largest absolute Gasteiger partial charge is 0.353 e. The Kier molecular flexibility index (Phi) is 11.3. The first-order chi connectivity index (χ1) is 10.6. The lowest BCUT2D eigenvalue weighted by Gasteiger charge is -2.33. The number of amides is 1. The van der Waals surface area contributed by atoms with Crippen molar-refractivity contribution in [1.29, 1.82) is 0 Å². The summed E-state index contributed by atoms with van der Waals surface area (Å²) in [5.74, 6) is -0.138. The number of likely N-dealkylation sites (tertiary alicyclic amines) is 1. The van der Waals surface area contributed by atoms with Crippen LogP contribution in [0.5, 0.6) is 0 Å². The van der Waals surface area contributed by atoms with Crippen molar-refractivity contribution in [2.24, 2.45) is 11.7 Å². The van der Waals surface area contributed by atoms with Crippen LogP contribution in [0.1, 0.15) is 44.7 Å². The fourth-order valence-corrected chi connectivity index (χ4v) is 3.08. The molecule has 24 heavy (non-hydrogen) atoms. The fourth-order valence-electron chi connectivity index (χ4n) is 3.08. The highest BCUT2D eigenvalue weighted by Crippen LogP contribution is 2.20. The van der Waals surface area contributed by atoms with Gasteiger partial charge in [0.1, 0.15) is 0 Å². The van der Waals surface area contributed by atoms with E-state index in [2.05, 4.69) is 17.1 Å². The summed E-state index contributed by atoms with van der Waals surface area (Å²) in [4.78, 5) is 14.9. The minimum Gasteiger partial charge on any atom is -0.353 e. The molecule has 0 saturated carbocycles. The minimum atomic E-state index is -0.249. The van der Waals surface area contributed by atoms with Crippen LogP contribution in [0, 0.1) is 5.92 Å². The van der Waals surface area contributed by atoms with Crippen LogP contribution in [0.3, 0.4) is 0 Å². The molecule has 4 nitrogen and oxygen atoms in total. The number of carbonyl (C=O) groups is 1. The SMILES string of the molecule is CCCN1CCC(NC(=O)C(C)C(N)c2ccccc2)CC1.Cl.Cl. The zero-order valence-corrected chi connectivity index (χ0v) is 16.2. The Labute approximate surface area is 158 Å². The number of benzene rings is 1. The van der Waals surface area contributed by atoms with E-state index in [4.69, 9.17) is 5.73 Å². The number of carbonyl (C=O) groups excluding carboxylic acids is 1. The zero-order chi connectivity index (χ0) is 15.9. The average Bonchev–Trinajstić information content (AvgIpc) is 2.56. The second kappa shape index (κ2) is 11.7. The van der Waals surface area contributed by atoms with Gasteiger partial charge >= 0.3 is 0 Å². The number of hydrogen-bond acceptors (Lipinski definition) is 3. The summed E-state index contributed by atoms with van der Waals surface area (Å²) in [6.45, 7) is 7.45. The third kappa shape index (κ3) is 6.60. The van der Waals surface area contributed by atoms with Crippen LogP contribution in [-0.2, 0) is 4.79 Å². The molecule has 2 rings (SSSR count). The van der Waals surface area contributed by atoms with E-state index in [0.29, 0.717) is 6.04 Å². The van der Waals surface area contributed by atoms with Gasteiger partial charge in [-0.15, -0.1) is 24.8 Å². The van der Waals surface area contributed by atoms with Gasteiger partial charge in [0.05, 0.1) is 5.92 Å². The molecule has 1 aromatic rings. The van der Waals surface area contributed by atoms with Crippen molar-refractivity contribution >= 4 is 30.7 Å². The molecule has 1 amide bonds. The highest BCUT2D eigenvalue weighted by Gasteiger charge is 2.26. The van der Waals surface area contributed by atoms with Crippen molar-refractivity contribution in [2.45, 2.75) is 45.2 Å². The molecule has 1 aliphatic heterocycles. The number of hydrogen-bond donors (Lipinski definition) is 2. The van der Waals surface area contributed by atoms with Gasteiger partial charge in [0.25, 0.3) is 0 Å². The van der Waals surface area contributed by atoms with E-state index < -0.39 is 0 Å². The van der Waals surface area contributed by atoms with Crippen molar-refractivity contribution in [3.05, 3.63) is 35.9 Å². The number of nitrogens with two attached hydrogens (primary N) is 1. The van der Waals surface area contributed by atoms with Crippen molar-refractivity contribution in [3.63, 3.8) is 0 Å². The van der Waals surface area contributed by atoms with Crippen molar-refractivity contribution in [3.8, 4) is 0 Å². The normalized spacial score (nSPS) is 18.0. The van der Waals surface area contributed by atoms with Crippen LogP contribution in [0.2, 0.25) is 0 Å². The Bertz CT molecular complexity index is 465. The molecule has 0 radical (unpaired) electrons. The third-order valence-electron chi connectivity index (χ3n) is 4.61. The molecule has 0 aliphatic carbocycles. The van der Waals surface area contributed by atoms with Gasteiger partial charge in [0.2, 0.25) is 5.91 Å². The minimum absolute atomic E-state index is 0. The number of rotatable bonds is 6. The highest BCUT2D eigenvalue weighted by molar-refractivity contribution is 5.85. The van der Waals surface area contributed by atoms with E-state index in [-0.39, 0.29) is 42.7 Å². The van der Waals surface area contributed by atoms with E-state index in [1.165, 1.54) is 6.42 Å². The standard InChI is InChI=1S/C18H29N3O.2ClH/c1-3-11-21-12-9-16(10-13-21)20-18(22)14(2)17(19)15-7-5-4-6-8-15;;/h4-8,14,16-17H,3,9-13,19H2,1-2H3,(H,20,22);2*1H. The van der Waals surface area contributed by atoms with Crippen molar-refractivity contribution in [2.75, 3.05) is 19.6 Å². The maximum Gasteiger partial charge on any atom is 0.224 e. The first-order valence-corrected chi connectivity index (χ1v) is 8.45. The highest BCUT2D eigenvalue weighted by atomic mass is 35.5.